The lowest BCUT2D eigenvalue weighted by atomic mass is 10.1. The molecule has 0 radical (unpaired) electrons. The molecule has 0 fully saturated rings. The summed E-state index contributed by atoms with van der Waals surface area (Å²) in [5.41, 5.74) is 14.2. The minimum Gasteiger partial charge on any atom is -0.488 e. The Hall–Kier alpha value is -3.41. The molecule has 0 atom stereocenters. The van der Waals surface area contributed by atoms with Crippen LogP contribution < -0.4 is 16.2 Å². The fourth-order valence-electron chi connectivity index (χ4n) is 2.76. The van der Waals surface area contributed by atoms with Gasteiger partial charge < -0.3 is 16.2 Å². The second-order valence-electron chi connectivity index (χ2n) is 5.40. The van der Waals surface area contributed by atoms with Gasteiger partial charge >= 0.3 is 0 Å². The van der Waals surface area contributed by atoms with Gasteiger partial charge in [-0.2, -0.15) is 4.98 Å². The first-order valence-corrected chi connectivity index (χ1v) is 7.49. The summed E-state index contributed by atoms with van der Waals surface area (Å²) in [4.78, 5) is 12.7. The fourth-order valence-corrected chi connectivity index (χ4v) is 2.76. The summed E-state index contributed by atoms with van der Waals surface area (Å²) < 4.78 is 5.99. The average molecular weight is 317 g/mol. The van der Waals surface area contributed by atoms with E-state index in [-0.39, 0.29) is 5.95 Å². The summed E-state index contributed by atoms with van der Waals surface area (Å²) in [6.07, 6.45) is 1.78. The van der Waals surface area contributed by atoms with Crippen molar-refractivity contribution in [1.82, 2.24) is 15.0 Å². The largest absolute Gasteiger partial charge is 0.488 e. The molecule has 0 amide bonds. The lowest BCUT2D eigenvalue weighted by Crippen LogP contribution is -2.03. The molecule has 0 aliphatic carbocycles. The number of hydrogen-bond donors (Lipinski definition) is 2. The molecule has 0 saturated carbocycles. The third-order valence-electron chi connectivity index (χ3n) is 3.83. The predicted molar refractivity (Wildman–Crippen MR) is 94.4 cm³/mol. The van der Waals surface area contributed by atoms with Gasteiger partial charge in [0, 0.05) is 17.1 Å². The van der Waals surface area contributed by atoms with Gasteiger partial charge in [-0.05, 0) is 18.2 Å². The molecular formula is C18H15N5O. The zero-order valence-electron chi connectivity index (χ0n) is 12.8. The van der Waals surface area contributed by atoms with E-state index in [1.165, 1.54) is 0 Å². The lowest BCUT2D eigenvalue weighted by Gasteiger charge is -2.11. The Morgan fingerprint density at radius 1 is 0.917 bits per heavy atom. The first-order valence-electron chi connectivity index (χ1n) is 7.49. The monoisotopic (exact) mass is 317 g/mol. The Morgan fingerprint density at radius 2 is 1.75 bits per heavy atom. The molecule has 4 N–H and O–H groups in total. The number of fused-ring (bicyclic) bond motifs is 2. The maximum Gasteiger partial charge on any atom is 0.222 e. The van der Waals surface area contributed by atoms with Gasteiger partial charge in [0.2, 0.25) is 5.95 Å². The maximum absolute atomic E-state index is 5.99. The van der Waals surface area contributed by atoms with E-state index in [1.807, 2.05) is 48.5 Å². The SMILES string of the molecule is Nc1nc(N)c2c(OCc3cccc4cccnc34)cccc2n1. The number of ether oxygens (including phenoxy) is 1. The van der Waals surface area contributed by atoms with E-state index >= 15 is 0 Å². The molecule has 0 bridgehead atoms. The second kappa shape index (κ2) is 5.66. The van der Waals surface area contributed by atoms with Crippen LogP contribution in [0, 0.1) is 0 Å². The van der Waals surface area contributed by atoms with Gasteiger partial charge in [-0.3, -0.25) is 4.98 Å². The number of nitrogen functional groups attached to an aromatic ring is 2. The van der Waals surface area contributed by atoms with Crippen molar-refractivity contribution >= 4 is 33.6 Å². The summed E-state index contributed by atoms with van der Waals surface area (Å²) in [6, 6.07) is 15.5. The van der Waals surface area contributed by atoms with E-state index in [0.717, 1.165) is 16.5 Å². The van der Waals surface area contributed by atoms with Gasteiger partial charge in [-0.1, -0.05) is 30.3 Å². The van der Waals surface area contributed by atoms with E-state index in [1.54, 1.807) is 6.20 Å². The molecule has 0 aliphatic heterocycles. The van der Waals surface area contributed by atoms with Gasteiger partial charge in [-0.25, -0.2) is 4.98 Å². The van der Waals surface area contributed by atoms with Crippen LogP contribution in [0.1, 0.15) is 5.56 Å². The van der Waals surface area contributed by atoms with Crippen molar-refractivity contribution < 1.29 is 4.74 Å². The Morgan fingerprint density at radius 3 is 2.67 bits per heavy atom. The summed E-state index contributed by atoms with van der Waals surface area (Å²) in [7, 11) is 0. The van der Waals surface area contributed by atoms with Crippen molar-refractivity contribution in [3.63, 3.8) is 0 Å². The van der Waals surface area contributed by atoms with E-state index < -0.39 is 0 Å². The quantitative estimate of drug-likeness (QED) is 0.602. The normalized spacial score (nSPS) is 11.0. The van der Waals surface area contributed by atoms with Crippen LogP contribution in [-0.2, 0) is 6.61 Å². The number of nitrogens with zero attached hydrogens (tertiary/aromatic N) is 3. The molecule has 0 aliphatic rings. The Balaban J connectivity index is 1.72. The first-order chi connectivity index (χ1) is 11.7. The van der Waals surface area contributed by atoms with Crippen LogP contribution in [0.4, 0.5) is 11.8 Å². The smallest absolute Gasteiger partial charge is 0.222 e. The third-order valence-corrected chi connectivity index (χ3v) is 3.83. The van der Waals surface area contributed by atoms with Gasteiger partial charge in [0.15, 0.2) is 0 Å². The van der Waals surface area contributed by atoms with Crippen molar-refractivity contribution in [3.8, 4) is 5.75 Å². The first kappa shape index (κ1) is 14.2. The Bertz CT molecular complexity index is 1040. The molecule has 0 spiro atoms. The van der Waals surface area contributed by atoms with Crippen LogP contribution >= 0.6 is 0 Å². The maximum atomic E-state index is 5.99. The molecule has 118 valence electrons. The van der Waals surface area contributed by atoms with Crippen LogP contribution in [-0.4, -0.2) is 15.0 Å². The second-order valence-corrected chi connectivity index (χ2v) is 5.40. The summed E-state index contributed by atoms with van der Waals surface area (Å²) in [5.74, 6) is 1.08. The molecule has 0 saturated heterocycles. The average Bonchev–Trinajstić information content (AvgIpc) is 2.59. The summed E-state index contributed by atoms with van der Waals surface area (Å²) in [6.45, 7) is 0.372. The molecule has 2 heterocycles. The molecule has 4 aromatic rings. The highest BCUT2D eigenvalue weighted by Crippen LogP contribution is 2.30. The zero-order valence-corrected chi connectivity index (χ0v) is 12.8. The molecule has 4 rings (SSSR count). The number of pyridine rings is 1. The van der Waals surface area contributed by atoms with E-state index in [9.17, 15) is 0 Å². The zero-order chi connectivity index (χ0) is 16.5. The Labute approximate surface area is 138 Å². The molecule has 6 nitrogen and oxygen atoms in total. The molecule has 24 heavy (non-hydrogen) atoms. The number of aromatic nitrogens is 3. The van der Waals surface area contributed by atoms with Crippen LogP contribution in [0.3, 0.4) is 0 Å². The van der Waals surface area contributed by atoms with Crippen molar-refractivity contribution in [1.29, 1.82) is 0 Å². The van der Waals surface area contributed by atoms with Crippen molar-refractivity contribution in [3.05, 3.63) is 60.3 Å². The van der Waals surface area contributed by atoms with Crippen molar-refractivity contribution in [2.45, 2.75) is 6.61 Å². The predicted octanol–water partition coefficient (Wildman–Crippen LogP) is 2.92. The minimum absolute atomic E-state index is 0.149. The van der Waals surface area contributed by atoms with E-state index in [4.69, 9.17) is 16.2 Å². The minimum atomic E-state index is 0.149. The summed E-state index contributed by atoms with van der Waals surface area (Å²) in [5, 5.41) is 1.74. The van der Waals surface area contributed by atoms with Gasteiger partial charge in [-0.15, -0.1) is 0 Å². The van der Waals surface area contributed by atoms with Crippen LogP contribution in [0.25, 0.3) is 21.8 Å². The van der Waals surface area contributed by atoms with Gasteiger partial charge in [0.25, 0.3) is 0 Å². The number of anilines is 2. The van der Waals surface area contributed by atoms with Crippen molar-refractivity contribution in [2.75, 3.05) is 11.5 Å². The highest BCUT2D eigenvalue weighted by atomic mass is 16.5. The standard InChI is InChI=1S/C18H15N5O/c19-17-15-13(22-18(20)23-17)7-2-8-14(15)24-10-12-5-1-4-11-6-3-9-21-16(11)12/h1-9H,10H2,(H4,19,20,22,23). The van der Waals surface area contributed by atoms with E-state index in [0.29, 0.717) is 29.1 Å². The molecular weight excluding hydrogens is 302 g/mol. The number of hydrogen-bond acceptors (Lipinski definition) is 6. The number of nitrogens with two attached hydrogens (primary N) is 2. The molecule has 6 heteroatoms. The van der Waals surface area contributed by atoms with Crippen LogP contribution in [0.15, 0.2) is 54.7 Å². The van der Waals surface area contributed by atoms with Gasteiger partial charge in [0.1, 0.15) is 18.2 Å². The van der Waals surface area contributed by atoms with Crippen LogP contribution in [0.2, 0.25) is 0 Å². The number of para-hydroxylation sites is 1. The van der Waals surface area contributed by atoms with Crippen LogP contribution in [0.5, 0.6) is 5.75 Å². The highest BCUT2D eigenvalue weighted by molar-refractivity contribution is 5.94. The fraction of sp³-hybridized carbons (Fsp3) is 0.0556. The number of rotatable bonds is 3. The summed E-state index contributed by atoms with van der Waals surface area (Å²) >= 11 is 0. The third kappa shape index (κ3) is 2.44. The van der Waals surface area contributed by atoms with E-state index in [2.05, 4.69) is 15.0 Å². The lowest BCUT2D eigenvalue weighted by molar-refractivity contribution is 0.311. The molecule has 2 aromatic carbocycles. The van der Waals surface area contributed by atoms with Gasteiger partial charge in [0.05, 0.1) is 16.4 Å². The number of benzene rings is 2. The Kier molecular flexibility index (Phi) is 3.35. The highest BCUT2D eigenvalue weighted by Gasteiger charge is 2.10. The van der Waals surface area contributed by atoms with Crippen molar-refractivity contribution in [2.24, 2.45) is 0 Å². The molecule has 0 unspecified atom stereocenters. The molecule has 2 aromatic heterocycles. The topological polar surface area (TPSA) is 99.9 Å².